The smallest absolute Gasteiger partial charge is 0.156 e. The van der Waals surface area contributed by atoms with Crippen LogP contribution in [-0.4, -0.2) is 30.9 Å². The first-order valence-corrected chi connectivity index (χ1v) is 7.82. The average molecular weight is 263 g/mol. The molecular formula is C9H17N3O2S2. The average Bonchev–Trinajstić information content (AvgIpc) is 2.60. The maximum absolute atomic E-state index is 11.3. The van der Waals surface area contributed by atoms with E-state index in [9.17, 15) is 8.42 Å². The van der Waals surface area contributed by atoms with Gasteiger partial charge in [-0.1, -0.05) is 25.2 Å². The lowest BCUT2D eigenvalue weighted by molar-refractivity contribution is 0.584. The van der Waals surface area contributed by atoms with Crippen LogP contribution in [0.15, 0.2) is 0 Å². The first-order valence-electron chi connectivity index (χ1n) is 5.05. The molecule has 0 saturated carbocycles. The lowest BCUT2D eigenvalue weighted by Crippen LogP contribution is -2.21. The molecule has 0 fully saturated rings. The van der Waals surface area contributed by atoms with Crippen molar-refractivity contribution in [1.82, 2.24) is 15.5 Å². The normalized spacial score (nSPS) is 14.3. The minimum atomic E-state index is -3.09. The number of nitrogens with one attached hydrogen (secondary N) is 1. The molecule has 0 aliphatic heterocycles. The van der Waals surface area contributed by atoms with Gasteiger partial charge in [0.25, 0.3) is 0 Å². The first-order chi connectivity index (χ1) is 7.30. The number of nitrogens with zero attached hydrogens (tertiary/aromatic N) is 2. The zero-order chi connectivity index (χ0) is 12.3. The molecule has 92 valence electrons. The van der Waals surface area contributed by atoms with Crippen molar-refractivity contribution in [3.8, 4) is 0 Å². The van der Waals surface area contributed by atoms with Crippen molar-refractivity contribution in [2.45, 2.75) is 38.6 Å². The highest BCUT2D eigenvalue weighted by atomic mass is 32.2. The zero-order valence-electron chi connectivity index (χ0n) is 9.89. The van der Waals surface area contributed by atoms with E-state index in [-0.39, 0.29) is 0 Å². The number of hydrogen-bond donors (Lipinski definition) is 1. The van der Waals surface area contributed by atoms with E-state index in [1.165, 1.54) is 17.6 Å². The quantitative estimate of drug-likeness (QED) is 0.862. The van der Waals surface area contributed by atoms with Crippen LogP contribution < -0.4 is 5.32 Å². The maximum Gasteiger partial charge on any atom is 0.156 e. The van der Waals surface area contributed by atoms with Gasteiger partial charge in [0.1, 0.15) is 15.3 Å². The summed E-state index contributed by atoms with van der Waals surface area (Å²) in [5.74, 6) is 0. The molecule has 16 heavy (non-hydrogen) atoms. The van der Waals surface area contributed by atoms with Gasteiger partial charge in [0.2, 0.25) is 0 Å². The predicted molar refractivity (Wildman–Crippen MR) is 65.1 cm³/mol. The molecule has 0 saturated heterocycles. The van der Waals surface area contributed by atoms with Gasteiger partial charge in [-0.3, -0.25) is 0 Å². The van der Waals surface area contributed by atoms with Crippen LogP contribution in [0.25, 0.3) is 0 Å². The van der Waals surface area contributed by atoms with Gasteiger partial charge in [0.05, 0.1) is 0 Å². The van der Waals surface area contributed by atoms with Crippen LogP contribution in [0, 0.1) is 0 Å². The summed E-state index contributed by atoms with van der Waals surface area (Å²) in [7, 11) is -3.09. The van der Waals surface area contributed by atoms with Crippen molar-refractivity contribution in [1.29, 1.82) is 0 Å². The van der Waals surface area contributed by atoms with Crippen LogP contribution in [0.3, 0.4) is 0 Å². The standard InChI is InChI=1S/C9H17N3O2S2/c1-6(2)10-5-8-11-12-9(15-8)7(3)16(4,13)14/h6-7,10H,5H2,1-4H3. The van der Waals surface area contributed by atoms with E-state index < -0.39 is 15.1 Å². The molecular weight excluding hydrogens is 246 g/mol. The molecule has 0 aliphatic carbocycles. The minimum absolute atomic E-state index is 0.375. The molecule has 0 aromatic carbocycles. The number of hydrogen-bond acceptors (Lipinski definition) is 6. The highest BCUT2D eigenvalue weighted by Crippen LogP contribution is 2.23. The summed E-state index contributed by atoms with van der Waals surface area (Å²) in [6, 6.07) is 0.375. The lowest BCUT2D eigenvalue weighted by Gasteiger charge is -2.04. The van der Waals surface area contributed by atoms with Crippen molar-refractivity contribution >= 4 is 21.2 Å². The van der Waals surface area contributed by atoms with Crippen molar-refractivity contribution in [3.63, 3.8) is 0 Å². The first kappa shape index (κ1) is 13.5. The predicted octanol–water partition coefficient (Wildman–Crippen LogP) is 1.14. The summed E-state index contributed by atoms with van der Waals surface area (Å²) in [4.78, 5) is 0. The fourth-order valence-electron chi connectivity index (χ4n) is 0.977. The Balaban J connectivity index is 2.72. The second kappa shape index (κ2) is 5.20. The largest absolute Gasteiger partial charge is 0.308 e. The molecule has 1 atom stereocenters. The van der Waals surface area contributed by atoms with Gasteiger partial charge in [0, 0.05) is 18.8 Å². The molecule has 0 radical (unpaired) electrons. The Labute approximate surface area is 100 Å². The van der Waals surface area contributed by atoms with Gasteiger partial charge in [0.15, 0.2) is 9.84 Å². The van der Waals surface area contributed by atoms with Gasteiger partial charge in [-0.05, 0) is 6.92 Å². The molecule has 5 nitrogen and oxygen atoms in total. The van der Waals surface area contributed by atoms with Crippen molar-refractivity contribution in [3.05, 3.63) is 10.0 Å². The number of aromatic nitrogens is 2. The van der Waals surface area contributed by atoms with E-state index in [2.05, 4.69) is 15.5 Å². The summed E-state index contributed by atoms with van der Waals surface area (Å²) in [6.07, 6.45) is 1.21. The molecule has 1 N–H and O–H groups in total. The third-order valence-corrected chi connectivity index (χ3v) is 4.90. The SMILES string of the molecule is CC(C)NCc1nnc(C(C)S(C)(=O)=O)s1. The summed E-state index contributed by atoms with van der Waals surface area (Å²) in [5, 5.41) is 11.9. The van der Waals surface area contributed by atoms with Gasteiger partial charge in [-0.2, -0.15) is 0 Å². The van der Waals surface area contributed by atoms with Crippen LogP contribution in [0.2, 0.25) is 0 Å². The van der Waals surface area contributed by atoms with E-state index >= 15 is 0 Å². The lowest BCUT2D eigenvalue weighted by atomic mass is 10.4. The molecule has 1 aromatic rings. The second-order valence-corrected chi connectivity index (χ2v) is 7.50. The molecule has 1 heterocycles. The maximum atomic E-state index is 11.3. The highest BCUT2D eigenvalue weighted by Gasteiger charge is 2.21. The fraction of sp³-hybridized carbons (Fsp3) is 0.778. The van der Waals surface area contributed by atoms with E-state index in [4.69, 9.17) is 0 Å². The molecule has 0 amide bonds. The van der Waals surface area contributed by atoms with Crippen LogP contribution in [0.4, 0.5) is 0 Å². The summed E-state index contributed by atoms with van der Waals surface area (Å²) in [5.41, 5.74) is 0. The van der Waals surface area contributed by atoms with Crippen molar-refractivity contribution in [2.24, 2.45) is 0 Å². The molecule has 1 aromatic heterocycles. The van der Waals surface area contributed by atoms with Crippen LogP contribution in [-0.2, 0) is 16.4 Å². The van der Waals surface area contributed by atoms with Crippen LogP contribution in [0.1, 0.15) is 36.0 Å². The Morgan fingerprint density at radius 3 is 2.44 bits per heavy atom. The summed E-state index contributed by atoms with van der Waals surface area (Å²) < 4.78 is 22.7. The van der Waals surface area contributed by atoms with Crippen LogP contribution in [0.5, 0.6) is 0 Å². The molecule has 1 rings (SSSR count). The van der Waals surface area contributed by atoms with E-state index in [1.807, 2.05) is 13.8 Å². The van der Waals surface area contributed by atoms with E-state index in [0.717, 1.165) is 5.01 Å². The Kier molecular flexibility index (Phi) is 4.40. The Morgan fingerprint density at radius 2 is 1.94 bits per heavy atom. The van der Waals surface area contributed by atoms with Gasteiger partial charge < -0.3 is 5.32 Å². The fourth-order valence-corrected chi connectivity index (χ4v) is 2.79. The number of sulfone groups is 1. The summed E-state index contributed by atoms with van der Waals surface area (Å²) in [6.45, 7) is 6.35. The van der Waals surface area contributed by atoms with Gasteiger partial charge in [-0.25, -0.2) is 8.42 Å². The number of rotatable bonds is 5. The third-order valence-electron chi connectivity index (χ3n) is 2.13. The van der Waals surface area contributed by atoms with E-state index in [0.29, 0.717) is 17.6 Å². The molecule has 7 heteroatoms. The molecule has 0 bridgehead atoms. The Hall–Kier alpha value is -0.530. The molecule has 1 unspecified atom stereocenters. The van der Waals surface area contributed by atoms with Gasteiger partial charge >= 0.3 is 0 Å². The Morgan fingerprint density at radius 1 is 1.31 bits per heavy atom. The van der Waals surface area contributed by atoms with E-state index in [1.54, 1.807) is 6.92 Å². The third kappa shape index (κ3) is 3.80. The van der Waals surface area contributed by atoms with Crippen molar-refractivity contribution in [2.75, 3.05) is 6.26 Å². The van der Waals surface area contributed by atoms with Gasteiger partial charge in [-0.15, -0.1) is 10.2 Å². The summed E-state index contributed by atoms with van der Waals surface area (Å²) >= 11 is 1.35. The Bertz CT molecular complexity index is 439. The van der Waals surface area contributed by atoms with Crippen LogP contribution >= 0.6 is 11.3 Å². The monoisotopic (exact) mass is 263 g/mol. The van der Waals surface area contributed by atoms with Crippen molar-refractivity contribution < 1.29 is 8.42 Å². The topological polar surface area (TPSA) is 72.0 Å². The highest BCUT2D eigenvalue weighted by molar-refractivity contribution is 7.91. The molecule has 0 spiro atoms. The second-order valence-electron chi connectivity index (χ2n) is 4.04. The minimum Gasteiger partial charge on any atom is -0.308 e. The molecule has 0 aliphatic rings. The zero-order valence-corrected chi connectivity index (χ0v) is 11.5.